The molecule has 0 unspecified atom stereocenters. The first kappa shape index (κ1) is 62.2. The third-order valence-corrected chi connectivity index (χ3v) is 24.9. The Labute approximate surface area is 638 Å². The molecular formula is C102H60N6S2. The highest BCUT2D eigenvalue weighted by Crippen LogP contribution is 2.51. The predicted molar refractivity (Wildman–Crippen MR) is 468 cm³/mol. The van der Waals surface area contributed by atoms with Crippen LogP contribution in [0.3, 0.4) is 0 Å². The zero-order valence-corrected chi connectivity index (χ0v) is 60.8. The molecule has 0 N–H and O–H groups in total. The molecule has 6 nitrogen and oxygen atoms in total. The molecule has 8 heteroatoms. The second-order valence-corrected chi connectivity index (χ2v) is 30.7. The summed E-state index contributed by atoms with van der Waals surface area (Å²) >= 11 is 3.79. The molecule has 0 atom stereocenters. The van der Waals surface area contributed by atoms with Crippen molar-refractivity contribution in [2.24, 2.45) is 0 Å². The van der Waals surface area contributed by atoms with Gasteiger partial charge < -0.3 is 9.13 Å². The Balaban J connectivity index is 0.000000134. The van der Waals surface area contributed by atoms with Crippen LogP contribution in [0.5, 0.6) is 0 Å². The zero-order valence-electron chi connectivity index (χ0n) is 59.1. The van der Waals surface area contributed by atoms with Gasteiger partial charge in [0.1, 0.15) is 0 Å². The Kier molecular flexibility index (Phi) is 14.0. The zero-order chi connectivity index (χ0) is 72.1. The maximum Gasteiger partial charge on any atom is 0.160 e. The van der Waals surface area contributed by atoms with Crippen molar-refractivity contribution in [2.75, 3.05) is 0 Å². The Morgan fingerprint density at radius 3 is 1.05 bits per heavy atom. The van der Waals surface area contributed by atoms with Gasteiger partial charge in [0.15, 0.2) is 11.6 Å². The van der Waals surface area contributed by atoms with E-state index in [0.717, 1.165) is 94.5 Å². The first-order valence-corrected chi connectivity index (χ1v) is 39.0. The lowest BCUT2D eigenvalue weighted by atomic mass is 9.98. The quantitative estimate of drug-likeness (QED) is 0.149. The summed E-state index contributed by atoms with van der Waals surface area (Å²) in [5.74, 6) is 1.44. The standard InChI is InChI=1S/C56H33N3S.C46H27N3S/c1-2-13-39-33-40(26-23-34(39)11-1)53-52-42-14-4-3-12-37(42)29-32-47(52)57-56(58-53)38-24-21-35(22-25-38)36-27-30-41(31-28-36)59-48-19-9-7-17-45(48)50-43-15-5-6-16-44(43)51-46-18-8-10-20-49(46)60-55(51)54(50)59;1-2-13-29(14-3-1)43-42-32-15-5-4-12-28(32)24-27-37(42)47-46(48-43)30-22-25-31(26-23-30)49-38-20-10-8-18-35(38)40-33-16-6-7-17-34(33)41-36-19-9-11-21-39(36)50-45(41)44(40)49/h1-33H;1-27H. The molecule has 510 valence electrons. The number of rotatable bonds is 7. The first-order valence-electron chi connectivity index (χ1n) is 37.3. The molecule has 24 aromatic rings. The van der Waals surface area contributed by atoms with Gasteiger partial charge in [-0.3, -0.25) is 0 Å². The van der Waals surface area contributed by atoms with Gasteiger partial charge in [-0.25, -0.2) is 19.9 Å². The maximum absolute atomic E-state index is 5.33. The van der Waals surface area contributed by atoms with Crippen molar-refractivity contribution in [3.63, 3.8) is 0 Å². The van der Waals surface area contributed by atoms with Crippen LogP contribution in [0.2, 0.25) is 0 Å². The Morgan fingerprint density at radius 2 is 0.555 bits per heavy atom. The molecule has 0 aliphatic carbocycles. The average Bonchev–Trinajstić information content (AvgIpc) is 1.54. The fraction of sp³-hybridized carbons (Fsp3) is 0. The molecule has 6 aromatic heterocycles. The van der Waals surface area contributed by atoms with Crippen molar-refractivity contribution in [2.45, 2.75) is 0 Å². The van der Waals surface area contributed by atoms with Crippen LogP contribution in [0, 0.1) is 0 Å². The summed E-state index contributed by atoms with van der Waals surface area (Å²) in [4.78, 5) is 20.9. The number of hydrogen-bond acceptors (Lipinski definition) is 6. The molecule has 0 amide bonds. The number of fused-ring (bicyclic) bond motifs is 27. The number of aromatic nitrogens is 6. The Hall–Kier alpha value is -14.0. The second kappa shape index (κ2) is 24.8. The van der Waals surface area contributed by atoms with E-state index >= 15 is 0 Å². The van der Waals surface area contributed by atoms with Crippen LogP contribution in [-0.2, 0) is 0 Å². The highest BCUT2D eigenvalue weighted by atomic mass is 32.1. The molecule has 6 heterocycles. The van der Waals surface area contributed by atoms with E-state index in [9.17, 15) is 0 Å². The molecule has 0 aliphatic rings. The highest BCUT2D eigenvalue weighted by molar-refractivity contribution is 7.27. The van der Waals surface area contributed by atoms with E-state index in [-0.39, 0.29) is 0 Å². The summed E-state index contributed by atoms with van der Waals surface area (Å²) in [7, 11) is 0. The fourth-order valence-electron chi connectivity index (χ4n) is 17.6. The molecular weight excluding hydrogens is 1370 g/mol. The Morgan fingerprint density at radius 1 is 0.209 bits per heavy atom. The highest BCUT2D eigenvalue weighted by Gasteiger charge is 2.26. The molecule has 0 fully saturated rings. The number of thiophene rings is 2. The van der Waals surface area contributed by atoms with Crippen LogP contribution < -0.4 is 0 Å². The van der Waals surface area contributed by atoms with E-state index < -0.39 is 0 Å². The molecule has 24 rings (SSSR count). The molecule has 0 aliphatic heterocycles. The lowest BCUT2D eigenvalue weighted by Crippen LogP contribution is -1.97. The van der Waals surface area contributed by atoms with Gasteiger partial charge in [-0.1, -0.05) is 285 Å². The van der Waals surface area contributed by atoms with E-state index in [1.54, 1.807) is 0 Å². The predicted octanol–water partition coefficient (Wildman–Crippen LogP) is 28.3. The number of nitrogens with zero attached hydrogens (tertiary/aromatic N) is 6. The fourth-order valence-corrected chi connectivity index (χ4v) is 20.1. The normalized spacial score (nSPS) is 12.0. The topological polar surface area (TPSA) is 61.4 Å². The summed E-state index contributed by atoms with van der Waals surface area (Å²) < 4.78 is 10.2. The Bertz CT molecular complexity index is 7950. The summed E-state index contributed by atoms with van der Waals surface area (Å²) in [6.45, 7) is 0. The van der Waals surface area contributed by atoms with E-state index in [1.807, 2.05) is 22.7 Å². The SMILES string of the molecule is c1ccc(-c2nc(-c3ccc(-n4c5ccccc5c5c6ccccc6c6c7ccccc7sc6c54)cc3)nc3ccc4ccccc4c23)cc1.c1ccc2cc(-c3nc(-c4ccc(-c5ccc(-n6c7ccccc7c7c8ccccc8c8c9ccccc9sc8c76)cc5)cc4)nc4ccc5ccccc5c34)ccc2c1. The number of benzene rings is 18. The summed E-state index contributed by atoms with van der Waals surface area (Å²) in [6.07, 6.45) is 0. The molecule has 0 spiro atoms. The first-order chi connectivity index (χ1) is 54.6. The van der Waals surface area contributed by atoms with Gasteiger partial charge in [0.25, 0.3) is 0 Å². The van der Waals surface area contributed by atoms with Crippen LogP contribution in [0.25, 0.3) is 227 Å². The molecule has 18 aromatic carbocycles. The van der Waals surface area contributed by atoms with Crippen molar-refractivity contribution in [3.8, 4) is 67.8 Å². The third kappa shape index (κ3) is 9.66. The van der Waals surface area contributed by atoms with Crippen molar-refractivity contribution >= 4 is 182 Å². The van der Waals surface area contributed by atoms with E-state index in [1.165, 1.54) is 127 Å². The molecule has 0 saturated heterocycles. The minimum absolute atomic E-state index is 0.717. The molecule has 0 bridgehead atoms. The van der Waals surface area contributed by atoms with Gasteiger partial charge >= 0.3 is 0 Å². The van der Waals surface area contributed by atoms with Crippen molar-refractivity contribution < 1.29 is 0 Å². The van der Waals surface area contributed by atoms with Gasteiger partial charge in [0, 0.05) is 96.9 Å². The third-order valence-electron chi connectivity index (χ3n) is 22.5. The summed E-state index contributed by atoms with van der Waals surface area (Å²) in [5, 5.41) is 24.9. The van der Waals surface area contributed by atoms with Crippen molar-refractivity contribution in [1.82, 2.24) is 29.1 Å². The second-order valence-electron chi connectivity index (χ2n) is 28.6. The summed E-state index contributed by atoms with van der Waals surface area (Å²) in [6, 6.07) is 131. The lowest BCUT2D eigenvalue weighted by Gasteiger charge is -2.13. The van der Waals surface area contributed by atoms with Gasteiger partial charge in [-0.15, -0.1) is 22.7 Å². The lowest BCUT2D eigenvalue weighted by molar-refractivity contribution is 1.18. The van der Waals surface area contributed by atoms with Crippen LogP contribution in [0.4, 0.5) is 0 Å². The average molecular weight is 1430 g/mol. The van der Waals surface area contributed by atoms with Crippen molar-refractivity contribution in [1.29, 1.82) is 0 Å². The van der Waals surface area contributed by atoms with E-state index in [4.69, 9.17) is 19.9 Å². The minimum atomic E-state index is 0.717. The molecule has 0 saturated carbocycles. The number of hydrogen-bond donors (Lipinski definition) is 0. The maximum atomic E-state index is 5.33. The van der Waals surface area contributed by atoms with Crippen LogP contribution in [0.1, 0.15) is 0 Å². The number of para-hydroxylation sites is 2. The van der Waals surface area contributed by atoms with Gasteiger partial charge in [-0.2, -0.15) is 0 Å². The van der Waals surface area contributed by atoms with E-state index in [2.05, 4.69) is 373 Å². The molecule has 110 heavy (non-hydrogen) atoms. The van der Waals surface area contributed by atoms with E-state index in [0.29, 0.717) is 5.82 Å². The summed E-state index contributed by atoms with van der Waals surface area (Å²) in [5.41, 5.74) is 17.4. The van der Waals surface area contributed by atoms with Crippen LogP contribution >= 0.6 is 22.7 Å². The van der Waals surface area contributed by atoms with Crippen LogP contribution in [-0.4, -0.2) is 29.1 Å². The molecule has 0 radical (unpaired) electrons. The monoisotopic (exact) mass is 1430 g/mol. The smallest absolute Gasteiger partial charge is 0.160 e. The largest absolute Gasteiger partial charge is 0.308 e. The van der Waals surface area contributed by atoms with Crippen LogP contribution in [0.15, 0.2) is 364 Å². The van der Waals surface area contributed by atoms with Gasteiger partial charge in [0.05, 0.1) is 53.9 Å². The van der Waals surface area contributed by atoms with Crippen molar-refractivity contribution in [3.05, 3.63) is 364 Å². The van der Waals surface area contributed by atoms with Gasteiger partial charge in [-0.05, 0) is 144 Å². The minimum Gasteiger partial charge on any atom is -0.308 e. The van der Waals surface area contributed by atoms with Gasteiger partial charge in [0.2, 0.25) is 0 Å².